The number of benzene rings is 4. The van der Waals surface area contributed by atoms with Crippen LogP contribution in [0.15, 0.2) is 130 Å². The third-order valence-corrected chi connectivity index (χ3v) is 19.7. The lowest BCUT2D eigenvalue weighted by Crippen LogP contribution is -2.47. The van der Waals surface area contributed by atoms with Crippen LogP contribution >= 0.6 is 23.4 Å². The summed E-state index contributed by atoms with van der Waals surface area (Å²) in [6, 6.07) is 26.2. The zero-order valence-corrected chi connectivity index (χ0v) is 48.7. The Labute approximate surface area is 485 Å². The molecular formula is C58H66ClF4N9O7S3. The molecule has 438 valence electrons. The van der Waals surface area contributed by atoms with Crippen molar-refractivity contribution in [3.63, 3.8) is 0 Å². The van der Waals surface area contributed by atoms with Crippen molar-refractivity contribution in [2.24, 2.45) is 5.41 Å². The van der Waals surface area contributed by atoms with Crippen LogP contribution in [0.1, 0.15) is 73.9 Å². The molecule has 0 spiro atoms. The topological polar surface area (TPSA) is 193 Å². The number of hydrogen-bond donors (Lipinski definition) is 4. The van der Waals surface area contributed by atoms with Crippen LogP contribution in [0.25, 0.3) is 5.57 Å². The van der Waals surface area contributed by atoms with E-state index >= 15 is 0 Å². The third kappa shape index (κ3) is 15.4. The number of pyridine rings is 1. The molecule has 82 heavy (non-hydrogen) atoms. The highest BCUT2D eigenvalue weighted by atomic mass is 35.5. The van der Waals surface area contributed by atoms with Crippen LogP contribution in [0.5, 0.6) is 0 Å². The van der Waals surface area contributed by atoms with Crippen LogP contribution in [0.2, 0.25) is 5.02 Å². The van der Waals surface area contributed by atoms with Crippen molar-refractivity contribution in [3.05, 3.63) is 143 Å². The summed E-state index contributed by atoms with van der Waals surface area (Å²) in [5.41, 5.74) is -0.547. The Morgan fingerprint density at radius 2 is 1.51 bits per heavy atom. The van der Waals surface area contributed by atoms with Crippen molar-refractivity contribution in [3.8, 4) is 0 Å². The number of anilines is 3. The van der Waals surface area contributed by atoms with Gasteiger partial charge in [0.2, 0.25) is 17.8 Å². The number of nitrogens with zero attached hydrogens (tertiary/aromatic N) is 5. The fourth-order valence-corrected chi connectivity index (χ4v) is 13.9. The second kappa shape index (κ2) is 25.8. The Bertz CT molecular complexity index is 3380. The molecule has 5 aromatic rings. The highest BCUT2D eigenvalue weighted by Crippen LogP contribution is 2.43. The number of imide groups is 1. The highest BCUT2D eigenvalue weighted by Gasteiger charge is 2.48. The van der Waals surface area contributed by atoms with Crippen molar-refractivity contribution in [2.45, 2.75) is 91.2 Å². The Hall–Kier alpha value is -6.08. The van der Waals surface area contributed by atoms with Gasteiger partial charge >= 0.3 is 5.51 Å². The number of carbonyl (C=O) groups excluding carboxylic acids is 3. The van der Waals surface area contributed by atoms with E-state index < -0.39 is 70.7 Å². The molecule has 1 unspecified atom stereocenters. The Kier molecular flexibility index (Phi) is 19.1. The van der Waals surface area contributed by atoms with Crippen molar-refractivity contribution < 1.29 is 48.8 Å². The van der Waals surface area contributed by atoms with Crippen LogP contribution in [0, 0.1) is 11.4 Å². The number of nitrogens with one attached hydrogen (secondary N) is 4. The molecule has 1 aromatic heterocycles. The normalized spacial score (nSPS) is 19.2. The molecule has 9 rings (SSSR count). The van der Waals surface area contributed by atoms with E-state index in [4.69, 9.17) is 11.6 Å². The van der Waals surface area contributed by atoms with Crippen molar-refractivity contribution in [1.82, 2.24) is 29.7 Å². The fraction of sp³-hybridized carbons (Fsp3) is 0.414. The van der Waals surface area contributed by atoms with E-state index in [0.29, 0.717) is 74.6 Å². The number of allylic oxidation sites excluding steroid dienone is 1. The first-order chi connectivity index (χ1) is 39.0. The average molecular weight is 1210 g/mol. The van der Waals surface area contributed by atoms with E-state index in [1.807, 2.05) is 52.1 Å². The molecule has 0 radical (unpaired) electrons. The van der Waals surface area contributed by atoms with Crippen LogP contribution in [0.3, 0.4) is 0 Å². The van der Waals surface area contributed by atoms with Gasteiger partial charge in [0.25, 0.3) is 25.8 Å². The molecule has 16 nitrogen and oxygen atoms in total. The number of amides is 3. The number of piperidine rings is 1. The molecule has 4 aromatic carbocycles. The number of sulfonamides is 1. The van der Waals surface area contributed by atoms with Crippen molar-refractivity contribution >= 4 is 83.6 Å². The molecule has 0 bridgehead atoms. The highest BCUT2D eigenvalue weighted by molar-refractivity contribution is 7.99. The molecule has 4 aliphatic rings. The van der Waals surface area contributed by atoms with E-state index in [-0.39, 0.29) is 42.0 Å². The molecule has 0 saturated carbocycles. The molecule has 1 aliphatic carbocycles. The number of aromatic nitrogens is 1. The van der Waals surface area contributed by atoms with Gasteiger partial charge in [-0.25, -0.2) is 26.5 Å². The largest absolute Gasteiger partial charge is 0.501 e. The summed E-state index contributed by atoms with van der Waals surface area (Å²) in [5, 5.41) is 9.02. The molecule has 4 N–H and O–H groups in total. The first-order valence-electron chi connectivity index (χ1n) is 27.2. The van der Waals surface area contributed by atoms with Gasteiger partial charge in [0.05, 0.1) is 22.5 Å². The molecule has 3 saturated heterocycles. The van der Waals surface area contributed by atoms with E-state index in [1.54, 1.807) is 18.2 Å². The number of halogens is 5. The second-order valence-electron chi connectivity index (χ2n) is 22.0. The number of rotatable bonds is 20. The van der Waals surface area contributed by atoms with E-state index in [9.17, 15) is 48.8 Å². The minimum Gasteiger partial charge on any atom is -0.380 e. The lowest BCUT2D eigenvalue weighted by atomic mass is 9.73. The number of sulfone groups is 1. The van der Waals surface area contributed by atoms with E-state index in [1.165, 1.54) is 46.8 Å². The minimum atomic E-state index is -6.16. The molecule has 4 heterocycles. The molecule has 2 atom stereocenters. The first kappa shape index (κ1) is 60.5. The monoisotopic (exact) mass is 1210 g/mol. The van der Waals surface area contributed by atoms with Gasteiger partial charge in [-0.2, -0.15) is 17.6 Å². The smallest absolute Gasteiger partial charge is 0.380 e. The molecule has 3 aliphatic heterocycles. The average Bonchev–Trinajstić information content (AvgIpc) is 3.44. The first-order valence-corrected chi connectivity index (χ1v) is 31.5. The lowest BCUT2D eigenvalue weighted by molar-refractivity contribution is -0.133. The van der Waals surface area contributed by atoms with Crippen LogP contribution in [-0.2, 0) is 36.0 Å². The van der Waals surface area contributed by atoms with Gasteiger partial charge < -0.3 is 20.4 Å². The van der Waals surface area contributed by atoms with Gasteiger partial charge in [-0.3, -0.25) is 29.5 Å². The van der Waals surface area contributed by atoms with Crippen LogP contribution in [0.4, 0.5) is 34.6 Å². The lowest BCUT2D eigenvalue weighted by Gasteiger charge is -2.39. The Balaban J connectivity index is 0.830. The summed E-state index contributed by atoms with van der Waals surface area (Å²) in [6.07, 6.45) is 5.17. The quantitative estimate of drug-likeness (QED) is 0.0249. The van der Waals surface area contributed by atoms with Gasteiger partial charge in [0.15, 0.2) is 0 Å². The number of hydrogen-bond acceptors (Lipinski definition) is 15. The Morgan fingerprint density at radius 3 is 2.20 bits per heavy atom. The summed E-state index contributed by atoms with van der Waals surface area (Å²) in [5.74, 6) is -2.27. The van der Waals surface area contributed by atoms with Gasteiger partial charge in [0.1, 0.15) is 10.9 Å². The molecule has 3 fully saturated rings. The fourth-order valence-electron chi connectivity index (χ4n) is 10.8. The summed E-state index contributed by atoms with van der Waals surface area (Å²) in [4.78, 5) is 48.7. The van der Waals surface area contributed by atoms with Gasteiger partial charge in [0, 0.05) is 117 Å². The third-order valence-electron chi connectivity index (χ3n) is 15.4. The molecule has 3 amide bonds. The standard InChI is InChI=1S/C58H66ClF4N9O7S3/c1-57(2)22-20-49(39-8-12-43(59)13-9-39)42(34-57)37-71-28-30-72(31-29-71)46-14-10-40(11-15-46)55(74)68-82(78,79)48-16-17-50(52(33-48)81(76,77)58(61,62)63)65-44(38-80-47-6-4-3-5-7-47)21-23-69-24-26-70(27-25-69)36-41-32-45(35-64-54(41)60)66-51-18-19-53(73)67-56(51)75/h3-17,32-33,35,44,51,65-66H,18-31,34,36-38H2,1-2H3,(H,68,74)(H,67,73,75)/t44-,51?/m1/s1. The van der Waals surface area contributed by atoms with Gasteiger partial charge in [-0.1, -0.05) is 61.4 Å². The molecule has 24 heteroatoms. The van der Waals surface area contributed by atoms with Gasteiger partial charge in [-0.05, 0) is 121 Å². The SMILES string of the molecule is CC1(C)CCC(c2ccc(Cl)cc2)=C(CN2CCN(c3ccc(C(=O)NS(=O)(=O)c4ccc(N[C@H](CCN5CCN(Cc6cc(NC7CCC(=O)NC7=O)cnc6F)CC5)CSc5ccccc5)c(S(=O)(=O)C(F)(F)F)c4)cc3)CC2)C1. The maximum Gasteiger partial charge on any atom is 0.501 e. The summed E-state index contributed by atoms with van der Waals surface area (Å²) in [6.45, 7) is 11.3. The van der Waals surface area contributed by atoms with E-state index in [2.05, 4.69) is 61.6 Å². The number of thioether (sulfide) groups is 1. The maximum absolute atomic E-state index is 15.0. The zero-order valence-electron chi connectivity index (χ0n) is 45.5. The molecular weight excluding hydrogens is 1140 g/mol. The summed E-state index contributed by atoms with van der Waals surface area (Å²) >= 11 is 7.60. The van der Waals surface area contributed by atoms with E-state index in [0.717, 1.165) is 61.6 Å². The van der Waals surface area contributed by atoms with Gasteiger partial charge in [-0.15, -0.1) is 11.8 Å². The van der Waals surface area contributed by atoms with Crippen LogP contribution in [-0.4, -0.2) is 143 Å². The van der Waals surface area contributed by atoms with Crippen molar-refractivity contribution in [2.75, 3.05) is 86.7 Å². The van der Waals surface area contributed by atoms with Crippen LogP contribution < -0.4 is 25.6 Å². The minimum absolute atomic E-state index is 0.0355. The number of alkyl halides is 3. The number of piperazine rings is 2. The maximum atomic E-state index is 15.0. The predicted molar refractivity (Wildman–Crippen MR) is 310 cm³/mol. The summed E-state index contributed by atoms with van der Waals surface area (Å²) in [7, 11) is -11.1. The number of carbonyl (C=O) groups is 3. The summed E-state index contributed by atoms with van der Waals surface area (Å²) < 4.78 is 114. The van der Waals surface area contributed by atoms with Crippen molar-refractivity contribution in [1.29, 1.82) is 0 Å². The predicted octanol–water partition coefficient (Wildman–Crippen LogP) is 9.07. The second-order valence-corrected chi connectivity index (χ2v) is 27.1. The zero-order chi connectivity index (χ0) is 58.4. The Morgan fingerprint density at radius 1 is 0.841 bits per heavy atom.